The van der Waals surface area contributed by atoms with Crippen molar-refractivity contribution in [2.75, 3.05) is 7.11 Å². The van der Waals surface area contributed by atoms with E-state index in [1.165, 1.54) is 11.3 Å². The number of methoxy groups -OCH3 is 1. The highest BCUT2D eigenvalue weighted by Gasteiger charge is 2.14. The molecule has 17 heavy (non-hydrogen) atoms. The van der Waals surface area contributed by atoms with Gasteiger partial charge in [-0.05, 0) is 18.2 Å². The lowest BCUT2D eigenvalue weighted by Crippen LogP contribution is -2.03. The Morgan fingerprint density at radius 1 is 1.47 bits per heavy atom. The Morgan fingerprint density at radius 3 is 2.94 bits per heavy atom. The first-order valence-corrected chi connectivity index (χ1v) is 6.30. The van der Waals surface area contributed by atoms with Gasteiger partial charge in [0.2, 0.25) is 0 Å². The first-order chi connectivity index (χ1) is 8.20. The monoisotopic (exact) mass is 269 g/mol. The van der Waals surface area contributed by atoms with E-state index in [9.17, 15) is 5.11 Å². The summed E-state index contributed by atoms with van der Waals surface area (Å²) in [5, 5.41) is 10.2. The van der Waals surface area contributed by atoms with Crippen LogP contribution in [0.3, 0.4) is 0 Å². The van der Waals surface area contributed by atoms with Crippen molar-refractivity contribution in [2.24, 2.45) is 0 Å². The average Bonchev–Trinajstić information content (AvgIpc) is 2.74. The largest absolute Gasteiger partial charge is 0.495 e. The number of aliphatic hydroxyl groups is 1. The van der Waals surface area contributed by atoms with Crippen LogP contribution in [-0.4, -0.2) is 17.2 Å². The molecule has 2 aromatic rings. The van der Waals surface area contributed by atoms with Crippen LogP contribution in [-0.2, 0) is 6.42 Å². The maximum Gasteiger partial charge on any atom is 0.142 e. The van der Waals surface area contributed by atoms with Crippen LogP contribution in [0.1, 0.15) is 16.5 Å². The molecule has 0 aliphatic carbocycles. The Kier molecular flexibility index (Phi) is 3.99. The topological polar surface area (TPSA) is 42.4 Å². The number of nitrogens with zero attached hydrogens (tertiary/aromatic N) is 1. The second-order valence-corrected chi connectivity index (χ2v) is 5.34. The number of aliphatic hydroxyl groups excluding tert-OH is 1. The molecular formula is C12H12ClNO2S. The second kappa shape index (κ2) is 5.49. The number of hydrogen-bond acceptors (Lipinski definition) is 4. The van der Waals surface area contributed by atoms with Gasteiger partial charge in [0.1, 0.15) is 5.75 Å². The number of aromatic nitrogens is 1. The molecule has 0 saturated carbocycles. The van der Waals surface area contributed by atoms with Crippen molar-refractivity contribution in [1.29, 1.82) is 0 Å². The van der Waals surface area contributed by atoms with E-state index in [2.05, 4.69) is 4.98 Å². The molecule has 1 atom stereocenters. The SMILES string of the molecule is COc1cnccc1C(O)Cc1ccc(Cl)s1. The first kappa shape index (κ1) is 12.4. The maximum atomic E-state index is 10.2. The molecule has 1 N–H and O–H groups in total. The lowest BCUT2D eigenvalue weighted by atomic mass is 10.1. The minimum absolute atomic E-state index is 0.526. The number of thiophene rings is 1. The maximum absolute atomic E-state index is 10.2. The highest BCUT2D eigenvalue weighted by Crippen LogP contribution is 2.30. The van der Waals surface area contributed by atoms with E-state index in [4.69, 9.17) is 16.3 Å². The quantitative estimate of drug-likeness (QED) is 0.928. The van der Waals surface area contributed by atoms with Crippen LogP contribution in [0.2, 0.25) is 4.34 Å². The molecule has 5 heteroatoms. The first-order valence-electron chi connectivity index (χ1n) is 5.11. The van der Waals surface area contributed by atoms with Crippen LogP contribution in [0.15, 0.2) is 30.6 Å². The molecule has 0 saturated heterocycles. The smallest absolute Gasteiger partial charge is 0.142 e. The molecule has 0 fully saturated rings. The van der Waals surface area contributed by atoms with Gasteiger partial charge in [-0.3, -0.25) is 4.98 Å². The van der Waals surface area contributed by atoms with Crippen LogP contribution in [0.4, 0.5) is 0 Å². The van der Waals surface area contributed by atoms with Gasteiger partial charge in [-0.25, -0.2) is 0 Å². The van der Waals surface area contributed by atoms with Crippen molar-refractivity contribution in [3.05, 3.63) is 45.4 Å². The fourth-order valence-electron chi connectivity index (χ4n) is 1.60. The van der Waals surface area contributed by atoms with Crippen LogP contribution < -0.4 is 4.74 Å². The van der Waals surface area contributed by atoms with Gasteiger partial charge in [0, 0.05) is 23.1 Å². The zero-order chi connectivity index (χ0) is 12.3. The number of ether oxygens (including phenoxy) is 1. The summed E-state index contributed by atoms with van der Waals surface area (Å²) in [5.41, 5.74) is 0.743. The summed E-state index contributed by atoms with van der Waals surface area (Å²) in [7, 11) is 1.56. The Balaban J connectivity index is 2.16. The Hall–Kier alpha value is -1.10. The van der Waals surface area contributed by atoms with E-state index in [-0.39, 0.29) is 0 Å². The van der Waals surface area contributed by atoms with Crippen LogP contribution in [0.25, 0.3) is 0 Å². The van der Waals surface area contributed by atoms with Gasteiger partial charge < -0.3 is 9.84 Å². The van der Waals surface area contributed by atoms with Crippen molar-refractivity contribution in [3.8, 4) is 5.75 Å². The third-order valence-electron chi connectivity index (χ3n) is 2.42. The van der Waals surface area contributed by atoms with E-state index in [0.717, 1.165) is 14.8 Å². The van der Waals surface area contributed by atoms with Gasteiger partial charge in [0.25, 0.3) is 0 Å². The molecule has 2 heterocycles. The Morgan fingerprint density at radius 2 is 2.29 bits per heavy atom. The van der Waals surface area contributed by atoms with Gasteiger partial charge in [-0.15, -0.1) is 11.3 Å². The zero-order valence-corrected chi connectivity index (χ0v) is 10.8. The van der Waals surface area contributed by atoms with E-state index >= 15 is 0 Å². The van der Waals surface area contributed by atoms with Gasteiger partial charge in [-0.1, -0.05) is 11.6 Å². The van der Waals surface area contributed by atoms with Crippen molar-refractivity contribution < 1.29 is 9.84 Å². The number of pyridine rings is 1. The predicted molar refractivity (Wildman–Crippen MR) is 68.8 cm³/mol. The van der Waals surface area contributed by atoms with Crippen LogP contribution in [0, 0.1) is 0 Å². The zero-order valence-electron chi connectivity index (χ0n) is 9.26. The molecule has 3 nitrogen and oxygen atoms in total. The molecule has 0 aromatic carbocycles. The molecule has 2 rings (SSSR count). The van der Waals surface area contributed by atoms with Gasteiger partial charge in [-0.2, -0.15) is 0 Å². The predicted octanol–water partition coefficient (Wildman–Crippen LogP) is 3.08. The number of halogens is 1. The summed E-state index contributed by atoms with van der Waals surface area (Å²) < 4.78 is 5.89. The van der Waals surface area contributed by atoms with Crippen molar-refractivity contribution in [2.45, 2.75) is 12.5 Å². The third kappa shape index (κ3) is 2.97. The Bertz CT molecular complexity index is 501. The van der Waals surface area contributed by atoms with Gasteiger partial charge in [0.15, 0.2) is 0 Å². The standard InChI is InChI=1S/C12H12ClNO2S/c1-16-11-7-14-5-4-9(11)10(15)6-8-2-3-12(13)17-8/h2-5,7,10,15H,6H2,1H3. The van der Waals surface area contributed by atoms with E-state index in [1.807, 2.05) is 12.1 Å². The minimum Gasteiger partial charge on any atom is -0.495 e. The van der Waals surface area contributed by atoms with E-state index in [0.29, 0.717) is 12.2 Å². The lowest BCUT2D eigenvalue weighted by molar-refractivity contribution is 0.175. The number of hydrogen-bond donors (Lipinski definition) is 1. The van der Waals surface area contributed by atoms with Crippen molar-refractivity contribution in [3.63, 3.8) is 0 Å². The van der Waals surface area contributed by atoms with Crippen LogP contribution >= 0.6 is 22.9 Å². The molecule has 0 spiro atoms. The summed E-state index contributed by atoms with van der Waals surface area (Å²) >= 11 is 7.32. The average molecular weight is 270 g/mol. The Labute approximate surface area is 109 Å². The molecule has 0 radical (unpaired) electrons. The molecule has 0 aliphatic heterocycles. The summed E-state index contributed by atoms with van der Waals surface area (Å²) in [6.07, 6.45) is 3.16. The molecule has 1 unspecified atom stereocenters. The molecule has 0 bridgehead atoms. The van der Waals surface area contributed by atoms with Crippen molar-refractivity contribution in [1.82, 2.24) is 4.98 Å². The summed E-state index contributed by atoms with van der Waals surface area (Å²) in [5.74, 6) is 0.600. The van der Waals surface area contributed by atoms with E-state index < -0.39 is 6.10 Å². The molecule has 0 aliphatic rings. The second-order valence-electron chi connectivity index (χ2n) is 3.54. The summed E-state index contributed by atoms with van der Waals surface area (Å²) in [6.45, 7) is 0. The highest BCUT2D eigenvalue weighted by atomic mass is 35.5. The molecule has 90 valence electrons. The highest BCUT2D eigenvalue weighted by molar-refractivity contribution is 7.16. The van der Waals surface area contributed by atoms with Crippen LogP contribution in [0.5, 0.6) is 5.75 Å². The fraction of sp³-hybridized carbons (Fsp3) is 0.250. The summed E-state index contributed by atoms with van der Waals surface area (Å²) in [4.78, 5) is 5.00. The molecule has 0 amide bonds. The third-order valence-corrected chi connectivity index (χ3v) is 3.67. The summed E-state index contributed by atoms with van der Waals surface area (Å²) in [6, 6.07) is 5.51. The normalized spacial score (nSPS) is 12.4. The van der Waals surface area contributed by atoms with Gasteiger partial charge in [0.05, 0.1) is 23.7 Å². The van der Waals surface area contributed by atoms with Gasteiger partial charge >= 0.3 is 0 Å². The van der Waals surface area contributed by atoms with E-state index in [1.54, 1.807) is 25.6 Å². The fourth-order valence-corrected chi connectivity index (χ4v) is 2.72. The number of rotatable bonds is 4. The molecule has 2 aromatic heterocycles. The van der Waals surface area contributed by atoms with Crippen molar-refractivity contribution >= 4 is 22.9 Å². The molecular weight excluding hydrogens is 258 g/mol. The minimum atomic E-state index is -0.609. The lowest BCUT2D eigenvalue weighted by Gasteiger charge is -2.13.